The first-order valence-corrected chi connectivity index (χ1v) is 10.3. The van der Waals surface area contributed by atoms with Crippen LogP contribution in [-0.4, -0.2) is 31.4 Å². The minimum absolute atomic E-state index is 0.143. The molecule has 0 aromatic heterocycles. The summed E-state index contributed by atoms with van der Waals surface area (Å²) in [5.41, 5.74) is 3.14. The molecular weight excluding hydrogens is 344 g/mol. The topological polar surface area (TPSA) is 41.6 Å². The fourth-order valence-electron chi connectivity index (χ4n) is 3.11. The lowest BCUT2D eigenvalue weighted by atomic mass is 10.1. The molecule has 4 nitrogen and oxygen atoms in total. The highest BCUT2D eigenvalue weighted by atomic mass is 32.2. The number of amides is 1. The lowest BCUT2D eigenvalue weighted by Gasteiger charge is -2.20. The van der Waals surface area contributed by atoms with Crippen LogP contribution in [0.2, 0.25) is 0 Å². The van der Waals surface area contributed by atoms with Gasteiger partial charge in [0.2, 0.25) is 0 Å². The van der Waals surface area contributed by atoms with E-state index >= 15 is 0 Å². The van der Waals surface area contributed by atoms with Crippen molar-refractivity contribution < 1.29 is 9.53 Å². The molecule has 0 bridgehead atoms. The summed E-state index contributed by atoms with van der Waals surface area (Å²) in [5.74, 6) is 0.558. The molecule has 1 aliphatic rings. The van der Waals surface area contributed by atoms with Gasteiger partial charge in [0.05, 0.1) is 0 Å². The molecule has 0 radical (unpaired) electrons. The van der Waals surface area contributed by atoms with E-state index in [1.54, 1.807) is 18.7 Å². The van der Waals surface area contributed by atoms with Crippen molar-refractivity contribution in [1.82, 2.24) is 0 Å². The molecule has 1 aliphatic heterocycles. The summed E-state index contributed by atoms with van der Waals surface area (Å²) < 4.78 is 5.76. The van der Waals surface area contributed by atoms with Crippen molar-refractivity contribution in [2.75, 3.05) is 29.6 Å². The SMILES string of the molecule is CSc1ccc(OC(C)C(=O)Nc2ccc(N3CCCC3)cc2C)cc1. The summed E-state index contributed by atoms with van der Waals surface area (Å²) in [7, 11) is 0. The van der Waals surface area contributed by atoms with E-state index in [0.29, 0.717) is 5.75 Å². The fourth-order valence-corrected chi connectivity index (χ4v) is 3.51. The second-order valence-electron chi connectivity index (χ2n) is 6.62. The number of benzene rings is 2. The minimum Gasteiger partial charge on any atom is -0.481 e. The first-order chi connectivity index (χ1) is 12.6. The Labute approximate surface area is 159 Å². The number of carbonyl (C=O) groups excluding carboxylic acids is 1. The van der Waals surface area contributed by atoms with Gasteiger partial charge in [-0.3, -0.25) is 4.79 Å². The first kappa shape index (κ1) is 18.6. The summed E-state index contributed by atoms with van der Waals surface area (Å²) in [5, 5.41) is 2.98. The van der Waals surface area contributed by atoms with Gasteiger partial charge in [0.25, 0.3) is 5.91 Å². The maximum Gasteiger partial charge on any atom is 0.265 e. The van der Waals surface area contributed by atoms with E-state index in [1.165, 1.54) is 23.4 Å². The lowest BCUT2D eigenvalue weighted by Crippen LogP contribution is -2.30. The van der Waals surface area contributed by atoms with Crippen molar-refractivity contribution >= 4 is 29.0 Å². The van der Waals surface area contributed by atoms with Gasteiger partial charge < -0.3 is 15.0 Å². The van der Waals surface area contributed by atoms with Crippen molar-refractivity contribution in [3.05, 3.63) is 48.0 Å². The Bertz CT molecular complexity index is 755. The maximum atomic E-state index is 12.5. The zero-order valence-electron chi connectivity index (χ0n) is 15.6. The predicted molar refractivity (Wildman–Crippen MR) is 110 cm³/mol. The van der Waals surface area contributed by atoms with E-state index in [1.807, 2.05) is 43.5 Å². The molecule has 2 aromatic carbocycles. The third-order valence-electron chi connectivity index (χ3n) is 4.68. The summed E-state index contributed by atoms with van der Waals surface area (Å²) >= 11 is 1.68. The number of rotatable bonds is 6. The number of ether oxygens (including phenoxy) is 1. The van der Waals surface area contributed by atoms with Crippen molar-refractivity contribution in [2.24, 2.45) is 0 Å². The minimum atomic E-state index is -0.562. The average molecular weight is 371 g/mol. The second kappa shape index (κ2) is 8.49. The zero-order valence-corrected chi connectivity index (χ0v) is 16.4. The van der Waals surface area contributed by atoms with Crippen molar-refractivity contribution in [3.63, 3.8) is 0 Å². The Balaban J connectivity index is 1.61. The van der Waals surface area contributed by atoms with Crippen LogP contribution in [0, 0.1) is 6.92 Å². The van der Waals surface area contributed by atoms with Crippen LogP contribution in [-0.2, 0) is 4.79 Å². The highest BCUT2D eigenvalue weighted by molar-refractivity contribution is 7.98. The van der Waals surface area contributed by atoms with E-state index in [4.69, 9.17) is 4.74 Å². The van der Waals surface area contributed by atoms with Gasteiger partial charge in [-0.15, -0.1) is 11.8 Å². The summed E-state index contributed by atoms with van der Waals surface area (Å²) in [4.78, 5) is 16.0. The Kier molecular flexibility index (Phi) is 6.09. The molecule has 3 rings (SSSR count). The van der Waals surface area contributed by atoms with Gasteiger partial charge in [0.15, 0.2) is 6.10 Å². The molecule has 26 heavy (non-hydrogen) atoms. The number of aryl methyl sites for hydroxylation is 1. The van der Waals surface area contributed by atoms with Gasteiger partial charge in [-0.25, -0.2) is 0 Å². The molecule has 1 saturated heterocycles. The molecule has 1 heterocycles. The average Bonchev–Trinajstić information content (AvgIpc) is 3.18. The van der Waals surface area contributed by atoms with E-state index < -0.39 is 6.10 Å². The molecular formula is C21H26N2O2S. The molecule has 0 aliphatic carbocycles. The number of hydrogen-bond donors (Lipinski definition) is 1. The van der Waals surface area contributed by atoms with Gasteiger partial charge in [-0.2, -0.15) is 0 Å². The van der Waals surface area contributed by atoms with Crippen LogP contribution in [0.4, 0.5) is 11.4 Å². The molecule has 0 saturated carbocycles. The number of anilines is 2. The lowest BCUT2D eigenvalue weighted by molar-refractivity contribution is -0.122. The highest BCUT2D eigenvalue weighted by Crippen LogP contribution is 2.26. The van der Waals surface area contributed by atoms with Crippen LogP contribution < -0.4 is 15.0 Å². The molecule has 2 aromatic rings. The van der Waals surface area contributed by atoms with Crippen LogP contribution in [0.1, 0.15) is 25.3 Å². The van der Waals surface area contributed by atoms with Crippen LogP contribution in [0.3, 0.4) is 0 Å². The van der Waals surface area contributed by atoms with Crippen LogP contribution in [0.25, 0.3) is 0 Å². The largest absolute Gasteiger partial charge is 0.481 e. The zero-order chi connectivity index (χ0) is 18.5. The molecule has 1 atom stereocenters. The van der Waals surface area contributed by atoms with Gasteiger partial charge in [0, 0.05) is 29.4 Å². The van der Waals surface area contributed by atoms with E-state index in [-0.39, 0.29) is 5.91 Å². The Morgan fingerprint density at radius 1 is 1.15 bits per heavy atom. The third kappa shape index (κ3) is 4.52. The molecule has 1 fully saturated rings. The smallest absolute Gasteiger partial charge is 0.265 e. The number of nitrogens with one attached hydrogen (secondary N) is 1. The number of hydrogen-bond acceptors (Lipinski definition) is 4. The van der Waals surface area contributed by atoms with Crippen molar-refractivity contribution in [3.8, 4) is 5.75 Å². The molecule has 1 amide bonds. The number of nitrogens with zero attached hydrogens (tertiary/aromatic N) is 1. The molecule has 1 N–H and O–H groups in total. The summed E-state index contributed by atoms with van der Waals surface area (Å²) in [6.45, 7) is 6.03. The predicted octanol–water partition coefficient (Wildman–Crippen LogP) is 4.72. The summed E-state index contributed by atoms with van der Waals surface area (Å²) in [6, 6.07) is 14.0. The molecule has 138 valence electrons. The van der Waals surface area contributed by atoms with Gasteiger partial charge in [-0.1, -0.05) is 0 Å². The second-order valence-corrected chi connectivity index (χ2v) is 7.50. The first-order valence-electron chi connectivity index (χ1n) is 9.04. The molecule has 1 unspecified atom stereocenters. The quantitative estimate of drug-likeness (QED) is 0.747. The van der Waals surface area contributed by atoms with Crippen LogP contribution >= 0.6 is 11.8 Å². The summed E-state index contributed by atoms with van der Waals surface area (Å²) in [6.07, 6.45) is 3.98. The Hall–Kier alpha value is -2.14. The fraction of sp³-hybridized carbons (Fsp3) is 0.381. The highest BCUT2D eigenvalue weighted by Gasteiger charge is 2.17. The standard InChI is InChI=1S/C21H26N2O2S/c1-15-14-17(23-12-4-5-13-23)6-11-20(15)22-21(24)16(2)25-18-7-9-19(26-3)10-8-18/h6-11,14,16H,4-5,12-13H2,1-3H3,(H,22,24). The van der Waals surface area contributed by atoms with Gasteiger partial charge in [0.1, 0.15) is 5.75 Å². The third-order valence-corrected chi connectivity index (χ3v) is 5.42. The monoisotopic (exact) mass is 370 g/mol. The van der Waals surface area contributed by atoms with Gasteiger partial charge in [-0.05, 0) is 81.0 Å². The number of thioether (sulfide) groups is 1. The Morgan fingerprint density at radius 3 is 2.46 bits per heavy atom. The van der Waals surface area contributed by atoms with E-state index in [9.17, 15) is 4.79 Å². The molecule has 0 spiro atoms. The number of carbonyl (C=O) groups is 1. The maximum absolute atomic E-state index is 12.5. The van der Waals surface area contributed by atoms with Crippen LogP contribution in [0.5, 0.6) is 5.75 Å². The van der Waals surface area contributed by atoms with Crippen molar-refractivity contribution in [1.29, 1.82) is 0 Å². The Morgan fingerprint density at radius 2 is 1.85 bits per heavy atom. The van der Waals surface area contributed by atoms with Gasteiger partial charge >= 0.3 is 0 Å². The molecule has 5 heteroatoms. The van der Waals surface area contributed by atoms with Crippen molar-refractivity contribution in [2.45, 2.75) is 37.7 Å². The van der Waals surface area contributed by atoms with E-state index in [0.717, 1.165) is 24.3 Å². The van der Waals surface area contributed by atoms with Crippen LogP contribution in [0.15, 0.2) is 47.4 Å². The normalized spacial score (nSPS) is 15.0. The van der Waals surface area contributed by atoms with E-state index in [2.05, 4.69) is 22.3 Å².